The highest BCUT2D eigenvalue weighted by Gasteiger charge is 2.29. The Bertz CT molecular complexity index is 845. The molecular formula is C18H24N4O3S. The minimum atomic E-state index is -3.20. The summed E-state index contributed by atoms with van der Waals surface area (Å²) in [5.74, 6) is 1.61. The summed E-state index contributed by atoms with van der Waals surface area (Å²) in [5, 5.41) is -0.394. The predicted molar refractivity (Wildman–Crippen MR) is 102 cm³/mol. The van der Waals surface area contributed by atoms with Gasteiger partial charge in [-0.1, -0.05) is 0 Å². The van der Waals surface area contributed by atoms with Gasteiger partial charge in [0, 0.05) is 37.8 Å². The van der Waals surface area contributed by atoms with E-state index in [9.17, 15) is 8.42 Å². The van der Waals surface area contributed by atoms with Crippen LogP contribution < -0.4 is 9.64 Å². The predicted octanol–water partition coefficient (Wildman–Crippen LogP) is 2.01. The number of rotatable bonds is 5. The van der Waals surface area contributed by atoms with Crippen molar-refractivity contribution in [3.05, 3.63) is 36.7 Å². The van der Waals surface area contributed by atoms with Crippen LogP contribution in [0.2, 0.25) is 0 Å². The number of piperazine rings is 1. The molecule has 140 valence electrons. The molecule has 8 heteroatoms. The van der Waals surface area contributed by atoms with E-state index in [1.165, 1.54) is 0 Å². The van der Waals surface area contributed by atoms with E-state index >= 15 is 0 Å². The number of methoxy groups -OCH3 is 1. The molecule has 1 aromatic heterocycles. The van der Waals surface area contributed by atoms with Crippen molar-refractivity contribution in [1.29, 1.82) is 0 Å². The summed E-state index contributed by atoms with van der Waals surface area (Å²) in [4.78, 5) is 10.8. The van der Waals surface area contributed by atoms with Gasteiger partial charge in [0.05, 0.1) is 18.1 Å². The molecule has 0 amide bonds. The summed E-state index contributed by atoms with van der Waals surface area (Å²) in [6, 6.07) is 9.64. The van der Waals surface area contributed by atoms with Gasteiger partial charge in [0.25, 0.3) is 0 Å². The Balaban J connectivity index is 1.73. The monoisotopic (exact) mass is 376 g/mol. The summed E-state index contributed by atoms with van der Waals surface area (Å²) in [5.41, 5.74) is 1.81. The Morgan fingerprint density at radius 3 is 2.27 bits per heavy atom. The SMILES string of the molecule is COc1ccc(-c2cc(N3CCN(S(=O)(=O)C(C)C)CC3)ncn2)cc1. The highest BCUT2D eigenvalue weighted by Crippen LogP contribution is 2.24. The Hall–Kier alpha value is -2.19. The van der Waals surface area contributed by atoms with Crippen molar-refractivity contribution < 1.29 is 13.2 Å². The standard InChI is InChI=1S/C18H24N4O3S/c1-14(2)26(23,24)22-10-8-21(9-11-22)18-12-17(19-13-20-18)15-4-6-16(25-3)7-5-15/h4-7,12-14H,8-11H2,1-3H3. The molecule has 0 radical (unpaired) electrons. The van der Waals surface area contributed by atoms with Crippen LogP contribution in [0.25, 0.3) is 11.3 Å². The lowest BCUT2D eigenvalue weighted by atomic mass is 10.1. The van der Waals surface area contributed by atoms with Crippen molar-refractivity contribution in [2.75, 3.05) is 38.2 Å². The van der Waals surface area contributed by atoms with E-state index in [0.29, 0.717) is 26.2 Å². The first kappa shape index (κ1) is 18.6. The number of anilines is 1. The minimum absolute atomic E-state index is 0.394. The molecule has 0 aliphatic carbocycles. The van der Waals surface area contributed by atoms with Gasteiger partial charge in [-0.05, 0) is 38.1 Å². The molecule has 3 rings (SSSR count). The van der Waals surface area contributed by atoms with E-state index in [0.717, 1.165) is 22.8 Å². The van der Waals surface area contributed by atoms with E-state index in [4.69, 9.17) is 4.74 Å². The number of hydrogen-bond donors (Lipinski definition) is 0. The molecule has 0 bridgehead atoms. The molecule has 1 fully saturated rings. The van der Waals surface area contributed by atoms with Crippen LogP contribution in [0.5, 0.6) is 5.75 Å². The van der Waals surface area contributed by atoms with Gasteiger partial charge in [0.15, 0.2) is 0 Å². The molecule has 0 spiro atoms. The van der Waals surface area contributed by atoms with Gasteiger partial charge in [-0.15, -0.1) is 0 Å². The lowest BCUT2D eigenvalue weighted by molar-refractivity contribution is 0.380. The molecule has 0 saturated carbocycles. The Labute approximate surface area is 154 Å². The smallest absolute Gasteiger partial charge is 0.216 e. The molecule has 1 saturated heterocycles. The number of sulfonamides is 1. The second-order valence-corrected chi connectivity index (χ2v) is 8.96. The zero-order valence-electron chi connectivity index (χ0n) is 15.3. The highest BCUT2D eigenvalue weighted by molar-refractivity contribution is 7.89. The lowest BCUT2D eigenvalue weighted by Crippen LogP contribution is -2.50. The van der Waals surface area contributed by atoms with Crippen LogP contribution in [0, 0.1) is 0 Å². The normalized spacial score (nSPS) is 16.1. The fourth-order valence-electron chi connectivity index (χ4n) is 2.91. The van der Waals surface area contributed by atoms with Crippen LogP contribution in [-0.2, 0) is 10.0 Å². The van der Waals surface area contributed by atoms with Crippen LogP contribution in [0.3, 0.4) is 0 Å². The molecule has 0 unspecified atom stereocenters. The fourth-order valence-corrected chi connectivity index (χ4v) is 4.18. The molecule has 1 aliphatic heterocycles. The second-order valence-electron chi connectivity index (χ2n) is 6.47. The Morgan fingerprint density at radius 1 is 1.04 bits per heavy atom. The molecule has 26 heavy (non-hydrogen) atoms. The van der Waals surface area contributed by atoms with E-state index in [1.807, 2.05) is 30.3 Å². The van der Waals surface area contributed by atoms with Crippen molar-refractivity contribution in [1.82, 2.24) is 14.3 Å². The average molecular weight is 376 g/mol. The second kappa shape index (κ2) is 7.59. The van der Waals surface area contributed by atoms with Gasteiger partial charge >= 0.3 is 0 Å². The maximum Gasteiger partial charge on any atom is 0.216 e. The number of ether oxygens (including phenoxy) is 1. The number of benzene rings is 1. The van der Waals surface area contributed by atoms with E-state index < -0.39 is 15.3 Å². The Morgan fingerprint density at radius 2 is 1.69 bits per heavy atom. The third kappa shape index (κ3) is 3.81. The zero-order valence-corrected chi connectivity index (χ0v) is 16.1. The van der Waals surface area contributed by atoms with Gasteiger partial charge < -0.3 is 9.64 Å². The third-order valence-corrected chi connectivity index (χ3v) is 6.83. The topological polar surface area (TPSA) is 75.6 Å². The average Bonchev–Trinajstić information content (AvgIpc) is 2.68. The molecule has 0 N–H and O–H groups in total. The quantitative estimate of drug-likeness (QED) is 0.795. The maximum absolute atomic E-state index is 12.3. The Kier molecular flexibility index (Phi) is 5.43. The first-order valence-electron chi connectivity index (χ1n) is 8.62. The first-order valence-corrected chi connectivity index (χ1v) is 10.1. The molecule has 2 heterocycles. The van der Waals surface area contributed by atoms with Crippen LogP contribution in [-0.4, -0.2) is 61.2 Å². The molecule has 2 aromatic rings. The minimum Gasteiger partial charge on any atom is -0.497 e. The molecule has 1 aliphatic rings. The summed E-state index contributed by atoms with van der Waals surface area (Å²) < 4.78 is 31.3. The van der Waals surface area contributed by atoms with E-state index in [2.05, 4.69) is 14.9 Å². The lowest BCUT2D eigenvalue weighted by Gasteiger charge is -2.35. The van der Waals surface area contributed by atoms with Gasteiger partial charge in [-0.2, -0.15) is 4.31 Å². The molecule has 0 atom stereocenters. The van der Waals surface area contributed by atoms with Crippen LogP contribution >= 0.6 is 0 Å². The van der Waals surface area contributed by atoms with Crippen molar-refractivity contribution in [3.63, 3.8) is 0 Å². The summed E-state index contributed by atoms with van der Waals surface area (Å²) >= 11 is 0. The molecule has 1 aromatic carbocycles. The van der Waals surface area contributed by atoms with Gasteiger partial charge in [-0.3, -0.25) is 0 Å². The number of hydrogen-bond acceptors (Lipinski definition) is 6. The van der Waals surface area contributed by atoms with Gasteiger partial charge in [0.1, 0.15) is 17.9 Å². The summed E-state index contributed by atoms with van der Waals surface area (Å²) in [7, 11) is -1.57. The highest BCUT2D eigenvalue weighted by atomic mass is 32.2. The van der Waals surface area contributed by atoms with Crippen molar-refractivity contribution in [2.45, 2.75) is 19.1 Å². The number of nitrogens with zero attached hydrogens (tertiary/aromatic N) is 4. The summed E-state index contributed by atoms with van der Waals surface area (Å²) in [6.07, 6.45) is 1.55. The van der Waals surface area contributed by atoms with E-state index in [-0.39, 0.29) is 0 Å². The van der Waals surface area contributed by atoms with Crippen LogP contribution in [0.15, 0.2) is 36.7 Å². The number of aromatic nitrogens is 2. The van der Waals surface area contributed by atoms with Crippen LogP contribution in [0.4, 0.5) is 5.82 Å². The van der Waals surface area contributed by atoms with E-state index in [1.54, 1.807) is 31.6 Å². The largest absolute Gasteiger partial charge is 0.497 e. The van der Waals surface area contributed by atoms with Crippen molar-refractivity contribution in [3.8, 4) is 17.0 Å². The van der Waals surface area contributed by atoms with Crippen molar-refractivity contribution in [2.24, 2.45) is 0 Å². The van der Waals surface area contributed by atoms with Gasteiger partial charge in [-0.25, -0.2) is 18.4 Å². The van der Waals surface area contributed by atoms with Crippen molar-refractivity contribution >= 4 is 15.8 Å². The molecule has 7 nitrogen and oxygen atoms in total. The summed E-state index contributed by atoms with van der Waals surface area (Å²) in [6.45, 7) is 5.61. The van der Waals surface area contributed by atoms with Crippen LogP contribution in [0.1, 0.15) is 13.8 Å². The third-order valence-electron chi connectivity index (χ3n) is 4.56. The van der Waals surface area contributed by atoms with Gasteiger partial charge in [0.2, 0.25) is 10.0 Å². The fraction of sp³-hybridized carbons (Fsp3) is 0.444. The maximum atomic E-state index is 12.3. The first-order chi connectivity index (χ1) is 12.4. The zero-order chi connectivity index (χ0) is 18.7. The molecular weight excluding hydrogens is 352 g/mol.